The third-order valence-electron chi connectivity index (χ3n) is 1.46. The highest BCUT2D eigenvalue weighted by Crippen LogP contribution is 1.92. The quantitative estimate of drug-likeness (QED) is 0.624. The standard InChI is InChI=1S/C8H19NO4S/c1-7(2)13-4-5-14(11,12)9-8(3)6-10/h7-10H,4-6H2,1-3H3/t8-/m0/s1. The Balaban J connectivity index is 3.84. The Hall–Kier alpha value is -0.170. The molecule has 0 unspecified atom stereocenters. The smallest absolute Gasteiger partial charge is 0.214 e. The van der Waals surface area contributed by atoms with Gasteiger partial charge < -0.3 is 9.84 Å². The van der Waals surface area contributed by atoms with E-state index in [4.69, 9.17) is 9.84 Å². The van der Waals surface area contributed by atoms with Crippen molar-refractivity contribution < 1.29 is 18.3 Å². The fourth-order valence-electron chi connectivity index (χ4n) is 0.796. The van der Waals surface area contributed by atoms with Gasteiger partial charge >= 0.3 is 0 Å². The van der Waals surface area contributed by atoms with Crippen LogP contribution in [0.3, 0.4) is 0 Å². The van der Waals surface area contributed by atoms with Gasteiger partial charge in [0.15, 0.2) is 0 Å². The number of hydrogen-bond donors (Lipinski definition) is 2. The van der Waals surface area contributed by atoms with Crippen LogP contribution < -0.4 is 4.72 Å². The van der Waals surface area contributed by atoms with Crippen LogP contribution in [0.1, 0.15) is 20.8 Å². The summed E-state index contributed by atoms with van der Waals surface area (Å²) in [6, 6.07) is -0.445. The number of nitrogens with one attached hydrogen (secondary N) is 1. The van der Waals surface area contributed by atoms with Crippen molar-refractivity contribution in [3.05, 3.63) is 0 Å². The summed E-state index contributed by atoms with van der Waals surface area (Å²) in [6.45, 7) is 5.25. The Morgan fingerprint density at radius 3 is 2.36 bits per heavy atom. The Morgan fingerprint density at radius 1 is 1.36 bits per heavy atom. The molecule has 1 atom stereocenters. The molecule has 6 heteroatoms. The van der Waals surface area contributed by atoms with E-state index in [1.54, 1.807) is 6.92 Å². The van der Waals surface area contributed by atoms with Crippen LogP contribution in [0.25, 0.3) is 0 Å². The lowest BCUT2D eigenvalue weighted by molar-refractivity contribution is 0.0911. The van der Waals surface area contributed by atoms with E-state index in [1.165, 1.54) is 0 Å². The number of aliphatic hydroxyl groups excluding tert-OH is 1. The van der Waals surface area contributed by atoms with Crippen LogP contribution >= 0.6 is 0 Å². The minimum Gasteiger partial charge on any atom is -0.395 e. The highest BCUT2D eigenvalue weighted by atomic mass is 32.2. The maximum atomic E-state index is 11.3. The Bertz CT molecular complexity index is 238. The normalized spacial score (nSPS) is 14.6. The third-order valence-corrected chi connectivity index (χ3v) is 2.92. The van der Waals surface area contributed by atoms with Gasteiger partial charge in [0.1, 0.15) is 0 Å². The van der Waals surface area contributed by atoms with Gasteiger partial charge in [0.25, 0.3) is 0 Å². The first kappa shape index (κ1) is 13.8. The number of rotatable bonds is 7. The molecule has 0 rings (SSSR count). The van der Waals surface area contributed by atoms with Crippen LogP contribution in [0.4, 0.5) is 0 Å². The van der Waals surface area contributed by atoms with E-state index in [0.29, 0.717) is 0 Å². The molecule has 0 aliphatic rings. The second-order valence-corrected chi connectivity index (χ2v) is 5.31. The van der Waals surface area contributed by atoms with Crippen LogP contribution in [0.15, 0.2) is 0 Å². The van der Waals surface area contributed by atoms with Gasteiger partial charge in [-0.3, -0.25) is 0 Å². The molecule has 0 fully saturated rings. The minimum atomic E-state index is -3.32. The summed E-state index contributed by atoms with van der Waals surface area (Å²) in [4.78, 5) is 0. The Morgan fingerprint density at radius 2 is 1.93 bits per heavy atom. The van der Waals surface area contributed by atoms with Crippen molar-refractivity contribution in [3.8, 4) is 0 Å². The first-order valence-electron chi connectivity index (χ1n) is 4.60. The zero-order chi connectivity index (χ0) is 11.2. The third kappa shape index (κ3) is 7.25. The van der Waals surface area contributed by atoms with Crippen molar-refractivity contribution in [2.24, 2.45) is 0 Å². The maximum absolute atomic E-state index is 11.3. The van der Waals surface area contributed by atoms with Gasteiger partial charge in [-0.1, -0.05) is 0 Å². The Labute approximate surface area is 85.5 Å². The summed E-state index contributed by atoms with van der Waals surface area (Å²) in [5.41, 5.74) is 0. The van der Waals surface area contributed by atoms with Crippen molar-refractivity contribution in [1.29, 1.82) is 0 Å². The highest BCUT2D eigenvalue weighted by molar-refractivity contribution is 7.89. The molecule has 2 N–H and O–H groups in total. The van der Waals surface area contributed by atoms with Crippen molar-refractivity contribution in [3.63, 3.8) is 0 Å². The average molecular weight is 225 g/mol. The summed E-state index contributed by atoms with van der Waals surface area (Å²) in [5, 5.41) is 8.65. The number of sulfonamides is 1. The molecule has 0 saturated heterocycles. The molecule has 5 nitrogen and oxygen atoms in total. The molecule has 0 heterocycles. The molecule has 0 bridgehead atoms. The van der Waals surface area contributed by atoms with Crippen molar-refractivity contribution in [1.82, 2.24) is 4.72 Å². The average Bonchev–Trinajstić information content (AvgIpc) is 2.02. The molecule has 0 aliphatic heterocycles. The molecule has 0 aromatic rings. The van der Waals surface area contributed by atoms with Gasteiger partial charge in [-0.2, -0.15) is 0 Å². The largest absolute Gasteiger partial charge is 0.395 e. The highest BCUT2D eigenvalue weighted by Gasteiger charge is 2.13. The van der Waals surface area contributed by atoms with E-state index in [1.807, 2.05) is 13.8 Å². The van der Waals surface area contributed by atoms with Crippen LogP contribution in [0.2, 0.25) is 0 Å². The van der Waals surface area contributed by atoms with Gasteiger partial charge in [-0.25, -0.2) is 13.1 Å². The molecular weight excluding hydrogens is 206 g/mol. The van der Waals surface area contributed by atoms with E-state index >= 15 is 0 Å². The summed E-state index contributed by atoms with van der Waals surface area (Å²) < 4.78 is 30.0. The van der Waals surface area contributed by atoms with E-state index in [2.05, 4.69) is 4.72 Å². The van der Waals surface area contributed by atoms with E-state index < -0.39 is 16.1 Å². The van der Waals surface area contributed by atoms with Crippen molar-refractivity contribution in [2.75, 3.05) is 19.0 Å². The van der Waals surface area contributed by atoms with Crippen LogP contribution in [-0.4, -0.2) is 44.6 Å². The maximum Gasteiger partial charge on any atom is 0.214 e. The van der Waals surface area contributed by atoms with E-state index in [0.717, 1.165) is 0 Å². The van der Waals surface area contributed by atoms with Gasteiger partial charge in [0, 0.05) is 6.04 Å². The summed E-state index contributed by atoms with van der Waals surface area (Å²) in [7, 11) is -3.32. The topological polar surface area (TPSA) is 75.6 Å². The lowest BCUT2D eigenvalue weighted by Gasteiger charge is -2.12. The summed E-state index contributed by atoms with van der Waals surface area (Å²) in [5.74, 6) is -0.0739. The lowest BCUT2D eigenvalue weighted by Crippen LogP contribution is -2.37. The number of ether oxygens (including phenoxy) is 1. The second kappa shape index (κ2) is 6.34. The minimum absolute atomic E-state index is 0.0282. The second-order valence-electron chi connectivity index (χ2n) is 3.44. The van der Waals surface area contributed by atoms with E-state index in [-0.39, 0.29) is 25.1 Å². The summed E-state index contributed by atoms with van der Waals surface area (Å²) in [6.07, 6.45) is 0.0282. The van der Waals surface area contributed by atoms with Gasteiger partial charge in [0.05, 0.1) is 25.1 Å². The fraction of sp³-hybridized carbons (Fsp3) is 1.00. The summed E-state index contributed by atoms with van der Waals surface area (Å²) >= 11 is 0. The molecule has 86 valence electrons. The lowest BCUT2D eigenvalue weighted by atomic mass is 10.4. The number of aliphatic hydroxyl groups is 1. The molecule has 0 aromatic carbocycles. The SMILES string of the molecule is CC(C)OCCS(=O)(=O)N[C@@H](C)CO. The van der Waals surface area contributed by atoms with Crippen LogP contribution in [0.5, 0.6) is 0 Å². The van der Waals surface area contributed by atoms with Crippen molar-refractivity contribution in [2.45, 2.75) is 32.9 Å². The van der Waals surface area contributed by atoms with Crippen LogP contribution in [-0.2, 0) is 14.8 Å². The number of hydrogen-bond acceptors (Lipinski definition) is 4. The first-order valence-corrected chi connectivity index (χ1v) is 6.25. The zero-order valence-electron chi connectivity index (χ0n) is 8.86. The predicted molar refractivity (Wildman–Crippen MR) is 54.6 cm³/mol. The molecule has 0 saturated carbocycles. The van der Waals surface area contributed by atoms with Crippen molar-refractivity contribution >= 4 is 10.0 Å². The van der Waals surface area contributed by atoms with Crippen LogP contribution in [0, 0.1) is 0 Å². The first-order chi connectivity index (χ1) is 6.37. The molecule has 0 aromatic heterocycles. The fourth-order valence-corrected chi connectivity index (χ4v) is 1.92. The van der Waals surface area contributed by atoms with Gasteiger partial charge in [0.2, 0.25) is 10.0 Å². The predicted octanol–water partition coefficient (Wildman–Crippen LogP) is -0.288. The molecular formula is C8H19NO4S. The molecule has 0 radical (unpaired) electrons. The monoisotopic (exact) mass is 225 g/mol. The molecule has 14 heavy (non-hydrogen) atoms. The van der Waals surface area contributed by atoms with E-state index in [9.17, 15) is 8.42 Å². The molecule has 0 aliphatic carbocycles. The Kier molecular flexibility index (Phi) is 6.26. The zero-order valence-corrected chi connectivity index (χ0v) is 9.67. The van der Waals surface area contributed by atoms with Gasteiger partial charge in [-0.05, 0) is 20.8 Å². The molecule has 0 spiro atoms. The molecule has 0 amide bonds. The van der Waals surface area contributed by atoms with Gasteiger partial charge in [-0.15, -0.1) is 0 Å².